The number of rotatable bonds is 5. The van der Waals surface area contributed by atoms with Gasteiger partial charge in [0.15, 0.2) is 0 Å². The van der Waals surface area contributed by atoms with Crippen LogP contribution >= 0.6 is 11.8 Å². The highest BCUT2D eigenvalue weighted by Gasteiger charge is 2.29. The van der Waals surface area contributed by atoms with Gasteiger partial charge < -0.3 is 10.6 Å². The lowest BCUT2D eigenvalue weighted by molar-refractivity contribution is -0.121. The Morgan fingerprint density at radius 3 is 2.64 bits per heavy atom. The number of benzene rings is 2. The standard InChI is InChI=1S/C22H21N3O2S/c1-14-8-9-17(10-15(14)2)24-21(27)13-28-22-19(12-23)18(11-20(26)25-22)16-6-4-3-5-7-16/h3-10,18H,11,13H2,1-2H3,(H,24,27)(H,25,26)/t18-/m1/s1. The number of aryl methyl sites for hydroxylation is 2. The van der Waals surface area contributed by atoms with E-state index in [9.17, 15) is 14.9 Å². The first kappa shape index (κ1) is 19.7. The molecule has 0 saturated heterocycles. The molecule has 28 heavy (non-hydrogen) atoms. The number of hydrogen-bond donors (Lipinski definition) is 2. The highest BCUT2D eigenvalue weighted by atomic mass is 32.2. The van der Waals surface area contributed by atoms with Crippen LogP contribution in [0.25, 0.3) is 0 Å². The Labute approximate surface area is 168 Å². The highest BCUT2D eigenvalue weighted by Crippen LogP contribution is 2.35. The summed E-state index contributed by atoms with van der Waals surface area (Å²) in [4.78, 5) is 24.5. The van der Waals surface area contributed by atoms with Crippen molar-refractivity contribution in [3.63, 3.8) is 0 Å². The lowest BCUT2D eigenvalue weighted by atomic mass is 9.87. The molecule has 0 radical (unpaired) electrons. The maximum absolute atomic E-state index is 12.3. The van der Waals surface area contributed by atoms with Gasteiger partial charge in [-0.25, -0.2) is 0 Å². The fraction of sp³-hybridized carbons (Fsp3) is 0.227. The molecule has 2 N–H and O–H groups in total. The molecular weight excluding hydrogens is 370 g/mol. The summed E-state index contributed by atoms with van der Waals surface area (Å²) < 4.78 is 0. The van der Waals surface area contributed by atoms with Crippen molar-refractivity contribution in [1.29, 1.82) is 5.26 Å². The molecule has 2 aromatic rings. The largest absolute Gasteiger partial charge is 0.325 e. The number of carbonyl (C=O) groups excluding carboxylic acids is 2. The highest BCUT2D eigenvalue weighted by molar-refractivity contribution is 8.03. The van der Waals surface area contributed by atoms with Crippen LogP contribution in [0.3, 0.4) is 0 Å². The maximum atomic E-state index is 12.3. The number of thioether (sulfide) groups is 1. The third kappa shape index (κ3) is 4.62. The Morgan fingerprint density at radius 2 is 1.96 bits per heavy atom. The van der Waals surface area contributed by atoms with Crippen molar-refractivity contribution in [2.75, 3.05) is 11.1 Å². The van der Waals surface area contributed by atoms with Crippen molar-refractivity contribution in [1.82, 2.24) is 5.32 Å². The number of anilines is 1. The number of carbonyl (C=O) groups is 2. The van der Waals surface area contributed by atoms with E-state index in [0.717, 1.165) is 22.4 Å². The van der Waals surface area contributed by atoms with Crippen LogP contribution < -0.4 is 10.6 Å². The second kappa shape index (κ2) is 8.77. The number of nitrogens with zero attached hydrogens (tertiary/aromatic N) is 1. The Hall–Kier alpha value is -3.04. The molecule has 1 aliphatic heterocycles. The Balaban J connectivity index is 1.73. The van der Waals surface area contributed by atoms with Gasteiger partial charge in [-0.05, 0) is 42.7 Å². The van der Waals surface area contributed by atoms with Gasteiger partial charge >= 0.3 is 0 Å². The average molecular weight is 391 g/mol. The van der Waals surface area contributed by atoms with Crippen molar-refractivity contribution >= 4 is 29.3 Å². The minimum Gasteiger partial charge on any atom is -0.325 e. The van der Waals surface area contributed by atoms with E-state index in [2.05, 4.69) is 16.7 Å². The monoisotopic (exact) mass is 391 g/mol. The molecule has 5 nitrogen and oxygen atoms in total. The molecule has 142 valence electrons. The molecule has 0 saturated carbocycles. The fourth-order valence-corrected chi connectivity index (χ4v) is 3.93. The smallest absolute Gasteiger partial charge is 0.234 e. The molecule has 2 amide bonds. The van der Waals surface area contributed by atoms with Crippen molar-refractivity contribution in [2.24, 2.45) is 0 Å². The van der Waals surface area contributed by atoms with Crippen molar-refractivity contribution < 1.29 is 9.59 Å². The van der Waals surface area contributed by atoms with Gasteiger partial charge in [-0.1, -0.05) is 48.2 Å². The quantitative estimate of drug-likeness (QED) is 0.807. The lowest BCUT2D eigenvalue weighted by Gasteiger charge is -2.25. The number of hydrogen-bond acceptors (Lipinski definition) is 4. The van der Waals surface area contributed by atoms with E-state index in [-0.39, 0.29) is 29.9 Å². The number of nitrogens with one attached hydrogen (secondary N) is 2. The zero-order chi connectivity index (χ0) is 20.1. The summed E-state index contributed by atoms with van der Waals surface area (Å²) in [6.07, 6.45) is 0.228. The summed E-state index contributed by atoms with van der Waals surface area (Å²) in [6.45, 7) is 4.01. The summed E-state index contributed by atoms with van der Waals surface area (Å²) in [5.74, 6) is -0.515. The van der Waals surface area contributed by atoms with Gasteiger partial charge in [-0.3, -0.25) is 9.59 Å². The lowest BCUT2D eigenvalue weighted by Crippen LogP contribution is -2.31. The first-order valence-electron chi connectivity index (χ1n) is 8.97. The van der Waals surface area contributed by atoms with E-state index >= 15 is 0 Å². The van der Waals surface area contributed by atoms with Crippen LogP contribution in [0.2, 0.25) is 0 Å². The first-order chi connectivity index (χ1) is 13.5. The summed E-state index contributed by atoms with van der Waals surface area (Å²) in [5, 5.41) is 15.7. The van der Waals surface area contributed by atoms with Gasteiger partial charge in [0.1, 0.15) is 0 Å². The van der Waals surface area contributed by atoms with Crippen LogP contribution in [0.15, 0.2) is 59.1 Å². The van der Waals surface area contributed by atoms with E-state index in [1.165, 1.54) is 11.8 Å². The number of amides is 2. The van der Waals surface area contributed by atoms with Gasteiger partial charge in [0.2, 0.25) is 11.8 Å². The summed E-state index contributed by atoms with van der Waals surface area (Å²) in [6, 6.07) is 17.5. The summed E-state index contributed by atoms with van der Waals surface area (Å²) in [5.41, 5.74) is 4.41. The molecule has 3 rings (SSSR count). The van der Waals surface area contributed by atoms with E-state index in [1.54, 1.807) is 0 Å². The SMILES string of the molecule is Cc1ccc(NC(=O)CSC2=C(C#N)[C@@H](c3ccccc3)CC(=O)N2)cc1C. The minimum atomic E-state index is -0.287. The van der Waals surface area contributed by atoms with Crippen LogP contribution in [0, 0.1) is 25.2 Å². The second-order valence-corrected chi connectivity index (χ2v) is 7.69. The minimum absolute atomic E-state index is 0.106. The zero-order valence-electron chi connectivity index (χ0n) is 15.8. The second-order valence-electron chi connectivity index (χ2n) is 6.71. The van der Waals surface area contributed by atoms with Crippen molar-refractivity contribution in [3.8, 4) is 6.07 Å². The molecule has 0 spiro atoms. The van der Waals surface area contributed by atoms with Crippen LogP contribution in [0.5, 0.6) is 0 Å². The fourth-order valence-electron chi connectivity index (χ4n) is 3.06. The predicted molar refractivity (Wildman–Crippen MR) is 112 cm³/mol. The van der Waals surface area contributed by atoms with Crippen molar-refractivity contribution in [3.05, 3.63) is 75.8 Å². The van der Waals surface area contributed by atoms with E-state index in [4.69, 9.17) is 0 Å². The molecular formula is C22H21N3O2S. The van der Waals surface area contributed by atoms with Crippen LogP contribution in [0.1, 0.15) is 29.0 Å². The summed E-state index contributed by atoms with van der Waals surface area (Å²) >= 11 is 1.18. The van der Waals surface area contributed by atoms with Crippen molar-refractivity contribution in [2.45, 2.75) is 26.2 Å². The van der Waals surface area contributed by atoms with Gasteiger partial charge in [0.05, 0.1) is 22.4 Å². The summed E-state index contributed by atoms with van der Waals surface area (Å²) in [7, 11) is 0. The number of allylic oxidation sites excluding steroid dienone is 1. The van der Waals surface area contributed by atoms with Crippen LogP contribution in [0.4, 0.5) is 5.69 Å². The van der Waals surface area contributed by atoms with Gasteiger partial charge in [0.25, 0.3) is 0 Å². The molecule has 0 aromatic heterocycles. The normalized spacial score (nSPS) is 16.3. The predicted octanol–water partition coefficient (Wildman–Crippen LogP) is 4.01. The molecule has 2 aromatic carbocycles. The van der Waals surface area contributed by atoms with E-state index < -0.39 is 0 Å². The molecule has 1 aliphatic rings. The molecule has 0 unspecified atom stereocenters. The molecule has 0 bridgehead atoms. The van der Waals surface area contributed by atoms with Gasteiger partial charge in [-0.15, -0.1) is 0 Å². The third-order valence-electron chi connectivity index (χ3n) is 4.70. The Bertz CT molecular complexity index is 977. The molecule has 1 heterocycles. The molecule has 0 aliphatic carbocycles. The molecule has 1 atom stereocenters. The van der Waals surface area contributed by atoms with Crippen LogP contribution in [-0.2, 0) is 9.59 Å². The van der Waals surface area contributed by atoms with Gasteiger partial charge in [-0.2, -0.15) is 5.26 Å². The van der Waals surface area contributed by atoms with Gasteiger partial charge in [0, 0.05) is 18.0 Å². The van der Waals surface area contributed by atoms with E-state index in [1.807, 2.05) is 62.4 Å². The zero-order valence-corrected chi connectivity index (χ0v) is 16.6. The average Bonchev–Trinajstić information content (AvgIpc) is 2.69. The number of nitriles is 1. The van der Waals surface area contributed by atoms with E-state index in [0.29, 0.717) is 10.6 Å². The van der Waals surface area contributed by atoms with Crippen LogP contribution in [-0.4, -0.2) is 17.6 Å². The maximum Gasteiger partial charge on any atom is 0.234 e. The third-order valence-corrected chi connectivity index (χ3v) is 5.71. The first-order valence-corrected chi connectivity index (χ1v) is 9.95. The Morgan fingerprint density at radius 1 is 1.21 bits per heavy atom. The molecule has 6 heteroatoms. The topological polar surface area (TPSA) is 82.0 Å². The molecule has 0 fully saturated rings. The Kier molecular flexibility index (Phi) is 6.17.